The number of hydrogen-bond donors (Lipinski definition) is 1. The van der Waals surface area contributed by atoms with Gasteiger partial charge in [-0.2, -0.15) is 15.0 Å². The van der Waals surface area contributed by atoms with Crippen LogP contribution < -0.4 is 5.43 Å². The Morgan fingerprint density at radius 2 is 1.68 bits per heavy atom. The highest BCUT2D eigenvalue weighted by Gasteiger charge is 2.12. The van der Waals surface area contributed by atoms with Gasteiger partial charge in [0.25, 0.3) is 5.91 Å². The first-order chi connectivity index (χ1) is 18.0. The molecule has 0 bridgehead atoms. The van der Waals surface area contributed by atoms with Crippen molar-refractivity contribution in [2.45, 2.75) is 13.1 Å². The van der Waals surface area contributed by atoms with Gasteiger partial charge in [0, 0.05) is 32.9 Å². The summed E-state index contributed by atoms with van der Waals surface area (Å²) in [7, 11) is 0. The van der Waals surface area contributed by atoms with Crippen LogP contribution in [0.2, 0.25) is 10.0 Å². The van der Waals surface area contributed by atoms with Gasteiger partial charge >= 0.3 is 0 Å². The largest absolute Gasteiger partial charge is 0.271 e. The van der Waals surface area contributed by atoms with Gasteiger partial charge in [0.15, 0.2) is 0 Å². The number of aromatic nitrogens is 6. The lowest BCUT2D eigenvalue weighted by atomic mass is 10.1. The summed E-state index contributed by atoms with van der Waals surface area (Å²) in [6.07, 6.45) is 3.39. The molecule has 0 spiro atoms. The van der Waals surface area contributed by atoms with E-state index in [-0.39, 0.29) is 6.54 Å². The van der Waals surface area contributed by atoms with Crippen LogP contribution in [0.1, 0.15) is 11.1 Å². The zero-order chi connectivity index (χ0) is 25.6. The van der Waals surface area contributed by atoms with E-state index in [0.29, 0.717) is 28.1 Å². The average Bonchev–Trinajstić information content (AvgIpc) is 3.54. The Kier molecular flexibility index (Phi) is 7.34. The Bertz CT molecular complexity index is 1550. The molecular weight excluding hydrogens is 511 g/mol. The fourth-order valence-corrected chi connectivity index (χ4v) is 4.08. The number of amides is 1. The van der Waals surface area contributed by atoms with E-state index in [4.69, 9.17) is 28.3 Å². The third-order valence-corrected chi connectivity index (χ3v) is 5.93. The second-order valence-corrected chi connectivity index (χ2v) is 8.88. The maximum atomic E-state index is 12.4. The summed E-state index contributed by atoms with van der Waals surface area (Å²) in [5.41, 5.74) is 6.56. The minimum Gasteiger partial charge on any atom is -0.271 e. The van der Waals surface area contributed by atoms with E-state index < -0.39 is 5.91 Å². The minimum absolute atomic E-state index is 0.128. The summed E-state index contributed by atoms with van der Waals surface area (Å²) < 4.78 is 1.77. The number of rotatable bonds is 8. The molecule has 1 amide bonds. The number of nitrogens with one attached hydrogen (secondary N) is 1. The van der Waals surface area contributed by atoms with Gasteiger partial charge in [-0.05, 0) is 22.9 Å². The van der Waals surface area contributed by atoms with Crippen LogP contribution in [-0.4, -0.2) is 42.1 Å². The molecule has 0 aliphatic heterocycles. The number of hydrazone groups is 1. The third-order valence-electron chi connectivity index (χ3n) is 5.35. The van der Waals surface area contributed by atoms with Crippen molar-refractivity contribution in [1.82, 2.24) is 35.4 Å². The normalized spacial score (nSPS) is 11.2. The molecule has 3 aromatic carbocycles. The molecule has 0 atom stereocenters. The van der Waals surface area contributed by atoms with E-state index in [1.807, 2.05) is 72.9 Å². The lowest BCUT2D eigenvalue weighted by molar-refractivity contribution is -0.122. The van der Waals surface area contributed by atoms with Gasteiger partial charge in [-0.1, -0.05) is 89.9 Å². The van der Waals surface area contributed by atoms with Gasteiger partial charge in [0.2, 0.25) is 5.82 Å². The highest BCUT2D eigenvalue weighted by atomic mass is 35.5. The number of tetrazole rings is 1. The summed E-state index contributed by atoms with van der Waals surface area (Å²) in [6, 6.07) is 24.5. The highest BCUT2D eigenvalue weighted by molar-refractivity contribution is 6.35. The Hall–Kier alpha value is -4.34. The second kappa shape index (κ2) is 11.2. The lowest BCUT2D eigenvalue weighted by Crippen LogP contribution is -2.24. The van der Waals surface area contributed by atoms with Gasteiger partial charge < -0.3 is 0 Å². The molecule has 9 nitrogen and oxygen atoms in total. The van der Waals surface area contributed by atoms with Gasteiger partial charge in [-0.25, -0.2) is 5.43 Å². The van der Waals surface area contributed by atoms with E-state index in [2.05, 4.69) is 25.9 Å². The first-order valence-electron chi connectivity index (χ1n) is 11.3. The van der Waals surface area contributed by atoms with Crippen molar-refractivity contribution in [3.63, 3.8) is 0 Å². The molecule has 2 heterocycles. The molecule has 184 valence electrons. The van der Waals surface area contributed by atoms with Crippen LogP contribution in [-0.2, 0) is 17.9 Å². The molecule has 0 unspecified atom stereocenters. The van der Waals surface area contributed by atoms with Crippen molar-refractivity contribution in [3.8, 4) is 22.6 Å². The fourth-order valence-electron chi connectivity index (χ4n) is 3.61. The first-order valence-corrected chi connectivity index (χ1v) is 12.0. The molecular formula is C26H20Cl2N8O. The number of nitrogens with zero attached hydrogens (tertiary/aromatic N) is 7. The van der Waals surface area contributed by atoms with Crippen LogP contribution in [0.3, 0.4) is 0 Å². The minimum atomic E-state index is -0.394. The molecule has 0 aliphatic rings. The Labute approximate surface area is 222 Å². The summed E-state index contributed by atoms with van der Waals surface area (Å²) in [4.78, 5) is 13.6. The SMILES string of the molecule is O=C(Cn1nnc(-c2ccccc2)n1)N/N=C/c1cn(Cc2ccc(Cl)cc2Cl)nc1-c1ccccc1. The quantitative estimate of drug-likeness (QED) is 0.231. The van der Waals surface area contributed by atoms with Crippen molar-refractivity contribution in [2.24, 2.45) is 5.10 Å². The zero-order valence-electron chi connectivity index (χ0n) is 19.4. The standard InChI is InChI=1S/C26H20Cl2N8O/c27-22-12-11-20(23(28)13-22)15-35-16-21(25(32-35)18-7-3-1-4-8-18)14-29-30-24(37)17-36-33-26(31-34-36)19-9-5-2-6-10-19/h1-14,16H,15,17H2,(H,30,37)/b29-14+. The van der Waals surface area contributed by atoms with Crippen LogP contribution in [0.15, 0.2) is 90.2 Å². The fraction of sp³-hybridized carbons (Fsp3) is 0.0769. The molecule has 37 heavy (non-hydrogen) atoms. The number of carbonyl (C=O) groups is 1. The zero-order valence-corrected chi connectivity index (χ0v) is 20.9. The summed E-state index contributed by atoms with van der Waals surface area (Å²) >= 11 is 12.4. The molecule has 0 saturated heterocycles. The van der Waals surface area contributed by atoms with E-state index >= 15 is 0 Å². The number of carbonyl (C=O) groups excluding carboxylic acids is 1. The van der Waals surface area contributed by atoms with Crippen molar-refractivity contribution >= 4 is 35.3 Å². The van der Waals surface area contributed by atoms with Crippen molar-refractivity contribution in [1.29, 1.82) is 0 Å². The second-order valence-electron chi connectivity index (χ2n) is 8.04. The Balaban J connectivity index is 1.30. The summed E-state index contributed by atoms with van der Waals surface area (Å²) in [5.74, 6) is 0.0486. The molecule has 2 aromatic heterocycles. The molecule has 5 aromatic rings. The molecule has 11 heteroatoms. The van der Waals surface area contributed by atoms with Crippen molar-refractivity contribution < 1.29 is 4.79 Å². The monoisotopic (exact) mass is 530 g/mol. The molecule has 0 radical (unpaired) electrons. The van der Waals surface area contributed by atoms with Crippen molar-refractivity contribution in [3.05, 3.63) is 106 Å². The molecule has 0 aliphatic carbocycles. The molecule has 0 saturated carbocycles. The third kappa shape index (κ3) is 6.08. The smallest absolute Gasteiger partial charge is 0.263 e. The number of halogens is 2. The van der Waals surface area contributed by atoms with E-state index in [9.17, 15) is 4.79 Å². The van der Waals surface area contributed by atoms with Crippen LogP contribution >= 0.6 is 23.2 Å². The van der Waals surface area contributed by atoms with E-state index in [1.54, 1.807) is 23.0 Å². The van der Waals surface area contributed by atoms with Crippen LogP contribution in [0.25, 0.3) is 22.6 Å². The van der Waals surface area contributed by atoms with Crippen LogP contribution in [0.5, 0.6) is 0 Å². The van der Waals surface area contributed by atoms with Crippen LogP contribution in [0, 0.1) is 0 Å². The van der Waals surface area contributed by atoms with Gasteiger partial charge in [-0.15, -0.1) is 10.2 Å². The Morgan fingerprint density at radius 1 is 0.946 bits per heavy atom. The number of hydrogen-bond acceptors (Lipinski definition) is 6. The summed E-state index contributed by atoms with van der Waals surface area (Å²) in [5, 5.41) is 22.2. The van der Waals surface area contributed by atoms with Gasteiger partial charge in [0.05, 0.1) is 12.8 Å². The highest BCUT2D eigenvalue weighted by Crippen LogP contribution is 2.24. The van der Waals surface area contributed by atoms with Crippen molar-refractivity contribution in [2.75, 3.05) is 0 Å². The Morgan fingerprint density at radius 3 is 2.41 bits per heavy atom. The first kappa shape index (κ1) is 24.4. The maximum Gasteiger partial charge on any atom is 0.263 e. The van der Waals surface area contributed by atoms with Crippen LogP contribution in [0.4, 0.5) is 0 Å². The van der Waals surface area contributed by atoms with E-state index in [1.165, 1.54) is 4.80 Å². The summed E-state index contributed by atoms with van der Waals surface area (Å²) in [6.45, 7) is 0.314. The number of benzene rings is 3. The van der Waals surface area contributed by atoms with E-state index in [0.717, 1.165) is 22.3 Å². The molecule has 0 fully saturated rings. The molecule has 5 rings (SSSR count). The molecule has 1 N–H and O–H groups in total. The topological polar surface area (TPSA) is 103 Å². The maximum absolute atomic E-state index is 12.4. The predicted molar refractivity (Wildman–Crippen MR) is 142 cm³/mol. The predicted octanol–water partition coefficient (Wildman–Crippen LogP) is 4.71. The van der Waals surface area contributed by atoms with Gasteiger partial charge in [-0.3, -0.25) is 9.48 Å². The average molecular weight is 531 g/mol. The lowest BCUT2D eigenvalue weighted by Gasteiger charge is -2.05. The van der Waals surface area contributed by atoms with Gasteiger partial charge in [0.1, 0.15) is 12.2 Å².